The summed E-state index contributed by atoms with van der Waals surface area (Å²) in [6, 6.07) is 2.02. The number of carbonyl (C=O) groups is 2. The van der Waals surface area contributed by atoms with Crippen LogP contribution in [0.3, 0.4) is 0 Å². The van der Waals surface area contributed by atoms with Crippen LogP contribution in [0.25, 0.3) is 0 Å². The van der Waals surface area contributed by atoms with Crippen LogP contribution in [0.15, 0.2) is 29.7 Å². The molecule has 0 aliphatic carbocycles. The molecule has 2 heterocycles. The molecule has 0 radical (unpaired) electrons. The third kappa shape index (κ3) is 4.85. The van der Waals surface area contributed by atoms with Crippen molar-refractivity contribution in [2.75, 3.05) is 7.11 Å². The summed E-state index contributed by atoms with van der Waals surface area (Å²) < 4.78 is 38.1. The van der Waals surface area contributed by atoms with Crippen molar-refractivity contribution in [3.63, 3.8) is 0 Å². The van der Waals surface area contributed by atoms with Gasteiger partial charge >= 0.3 is 6.18 Å². The number of aromatic amines is 1. The number of Topliss-reactive ketones (excluding diaryl/α,β-unsaturated/α-hetero) is 1. The van der Waals surface area contributed by atoms with Crippen molar-refractivity contribution >= 4 is 29.6 Å². The molecular formula is C16H14ClF3N4O3. The Hall–Kier alpha value is -2.88. The van der Waals surface area contributed by atoms with Crippen molar-refractivity contribution in [3.8, 4) is 0 Å². The number of H-pyrrole nitrogens is 1. The van der Waals surface area contributed by atoms with Crippen LogP contribution < -0.4 is 5.32 Å². The number of alkyl halides is 3. The second kappa shape index (κ2) is 8.21. The Morgan fingerprint density at radius 2 is 2.11 bits per heavy atom. The summed E-state index contributed by atoms with van der Waals surface area (Å²) in [7, 11) is 1.30. The Morgan fingerprint density at radius 3 is 2.70 bits per heavy atom. The second-order valence-electron chi connectivity index (χ2n) is 5.37. The third-order valence-corrected chi connectivity index (χ3v) is 3.87. The summed E-state index contributed by atoms with van der Waals surface area (Å²) in [4.78, 5) is 35.1. The number of ketones is 1. The lowest BCUT2D eigenvalue weighted by molar-refractivity contribution is -0.137. The maximum Gasteiger partial charge on any atom is 0.417 e. The number of amides is 1. The molecule has 0 spiro atoms. The van der Waals surface area contributed by atoms with Gasteiger partial charge < -0.3 is 15.1 Å². The summed E-state index contributed by atoms with van der Waals surface area (Å²) >= 11 is 5.88. The van der Waals surface area contributed by atoms with Crippen LogP contribution in [0, 0.1) is 0 Å². The molecule has 2 rings (SSSR count). The van der Waals surface area contributed by atoms with Gasteiger partial charge in [0.2, 0.25) is 0 Å². The number of hydrogen-bond acceptors (Lipinski definition) is 5. The molecule has 1 atom stereocenters. The number of rotatable bonds is 6. The quantitative estimate of drug-likeness (QED) is 0.335. The average Bonchev–Trinajstić information content (AvgIpc) is 3.10. The van der Waals surface area contributed by atoms with E-state index in [2.05, 4.69) is 25.3 Å². The summed E-state index contributed by atoms with van der Waals surface area (Å²) in [6.45, 7) is 1.46. The molecule has 2 aromatic heterocycles. The molecule has 2 aromatic rings. The van der Waals surface area contributed by atoms with Crippen LogP contribution in [0.2, 0.25) is 5.02 Å². The SMILES string of the molecule is CO/N=C\NC(=O)c1cc(C(=O)[C@@H](C)c2ncc(C(F)(F)F)cc2Cl)c[nH]1. The molecular weight excluding hydrogens is 389 g/mol. The average molecular weight is 403 g/mol. The van der Waals surface area contributed by atoms with Gasteiger partial charge in [0, 0.05) is 18.0 Å². The molecule has 0 unspecified atom stereocenters. The molecule has 7 nitrogen and oxygen atoms in total. The van der Waals surface area contributed by atoms with Crippen molar-refractivity contribution < 1.29 is 27.6 Å². The summed E-state index contributed by atoms with van der Waals surface area (Å²) in [5, 5.41) is 5.38. The molecule has 0 fully saturated rings. The number of nitrogens with zero attached hydrogens (tertiary/aromatic N) is 2. The highest BCUT2D eigenvalue weighted by atomic mass is 35.5. The van der Waals surface area contributed by atoms with Gasteiger partial charge in [-0.3, -0.25) is 14.6 Å². The number of halogens is 4. The van der Waals surface area contributed by atoms with Crippen LogP contribution in [-0.4, -0.2) is 35.1 Å². The van der Waals surface area contributed by atoms with Gasteiger partial charge in [-0.2, -0.15) is 13.2 Å². The van der Waals surface area contributed by atoms with E-state index >= 15 is 0 Å². The molecule has 27 heavy (non-hydrogen) atoms. The van der Waals surface area contributed by atoms with Gasteiger partial charge in [0.05, 0.1) is 22.2 Å². The minimum Gasteiger partial charge on any atom is -0.398 e. The standard InChI is InChI=1S/C16H14ClF3N4O3/c1-8(13-11(17)4-10(6-22-13)16(18,19)20)14(25)9-3-12(21-5-9)15(26)23-7-24-27-2/h3-8,21H,1-2H3,(H,23,24,26)/t8-/m0/s1. The first-order chi connectivity index (χ1) is 12.6. The fraction of sp³-hybridized carbons (Fsp3) is 0.250. The largest absolute Gasteiger partial charge is 0.417 e. The van der Waals surface area contributed by atoms with Gasteiger partial charge in [-0.1, -0.05) is 16.8 Å². The van der Waals surface area contributed by atoms with E-state index in [-0.39, 0.29) is 22.0 Å². The fourth-order valence-corrected chi connectivity index (χ4v) is 2.51. The first kappa shape index (κ1) is 20.4. The molecule has 0 aliphatic rings. The number of aromatic nitrogens is 2. The first-order valence-corrected chi connectivity index (χ1v) is 7.84. The van der Waals surface area contributed by atoms with E-state index in [1.54, 1.807) is 0 Å². The lowest BCUT2D eigenvalue weighted by atomic mass is 9.97. The van der Waals surface area contributed by atoms with Gasteiger partial charge in [-0.25, -0.2) is 0 Å². The zero-order valence-corrected chi connectivity index (χ0v) is 14.9. The molecule has 1 amide bonds. The monoisotopic (exact) mass is 402 g/mol. The van der Waals surface area contributed by atoms with Crippen molar-refractivity contribution in [1.29, 1.82) is 0 Å². The highest BCUT2D eigenvalue weighted by Gasteiger charge is 2.32. The Morgan fingerprint density at radius 1 is 1.41 bits per heavy atom. The number of carbonyl (C=O) groups excluding carboxylic acids is 2. The van der Waals surface area contributed by atoms with Crippen molar-refractivity contribution in [1.82, 2.24) is 15.3 Å². The van der Waals surface area contributed by atoms with E-state index < -0.39 is 29.3 Å². The maximum atomic E-state index is 12.7. The first-order valence-electron chi connectivity index (χ1n) is 7.46. The van der Waals surface area contributed by atoms with Gasteiger partial charge in [-0.05, 0) is 19.1 Å². The minimum absolute atomic E-state index is 0.00842. The Kier molecular flexibility index (Phi) is 6.21. The number of nitrogens with one attached hydrogen (secondary N) is 2. The van der Waals surface area contributed by atoms with Crippen LogP contribution >= 0.6 is 11.6 Å². The highest BCUT2D eigenvalue weighted by molar-refractivity contribution is 6.31. The molecule has 0 saturated carbocycles. The van der Waals surface area contributed by atoms with Gasteiger partial charge in [0.25, 0.3) is 5.91 Å². The van der Waals surface area contributed by atoms with Crippen LogP contribution in [0.4, 0.5) is 13.2 Å². The molecule has 0 aliphatic heterocycles. The topological polar surface area (TPSA) is 96.4 Å². The van der Waals surface area contributed by atoms with Gasteiger partial charge in [0.15, 0.2) is 5.78 Å². The maximum absolute atomic E-state index is 12.7. The Balaban J connectivity index is 2.18. The van der Waals surface area contributed by atoms with Crippen molar-refractivity contribution in [3.05, 3.63) is 52.1 Å². The normalized spacial score (nSPS) is 12.8. The lowest BCUT2D eigenvalue weighted by Gasteiger charge is -2.13. The smallest absolute Gasteiger partial charge is 0.398 e. The summed E-state index contributed by atoms with van der Waals surface area (Å²) in [6.07, 6.45) is -1.63. The predicted octanol–water partition coefficient (Wildman–Crippen LogP) is 3.39. The second-order valence-corrected chi connectivity index (χ2v) is 5.77. The highest BCUT2D eigenvalue weighted by Crippen LogP contribution is 2.33. The van der Waals surface area contributed by atoms with Crippen molar-refractivity contribution in [2.45, 2.75) is 19.0 Å². The Labute approximate surface area is 156 Å². The predicted molar refractivity (Wildman–Crippen MR) is 90.8 cm³/mol. The third-order valence-electron chi connectivity index (χ3n) is 3.57. The molecule has 2 N–H and O–H groups in total. The lowest BCUT2D eigenvalue weighted by Crippen LogP contribution is -2.21. The molecule has 0 bridgehead atoms. The number of hydrogen-bond donors (Lipinski definition) is 2. The molecule has 11 heteroatoms. The van der Waals surface area contributed by atoms with Crippen LogP contribution in [0.5, 0.6) is 0 Å². The number of oxime groups is 1. The van der Waals surface area contributed by atoms with Crippen LogP contribution in [-0.2, 0) is 11.0 Å². The molecule has 0 aromatic carbocycles. The summed E-state index contributed by atoms with van der Waals surface area (Å²) in [5.41, 5.74) is -0.767. The minimum atomic E-state index is -4.59. The van der Waals surface area contributed by atoms with E-state index in [0.29, 0.717) is 6.20 Å². The summed E-state index contributed by atoms with van der Waals surface area (Å²) in [5.74, 6) is -1.94. The van der Waals surface area contributed by atoms with Crippen molar-refractivity contribution in [2.24, 2.45) is 5.16 Å². The molecule has 144 valence electrons. The van der Waals surface area contributed by atoms with E-state index in [9.17, 15) is 22.8 Å². The zero-order chi connectivity index (χ0) is 20.2. The van der Waals surface area contributed by atoms with E-state index in [1.807, 2.05) is 0 Å². The number of pyridine rings is 1. The zero-order valence-electron chi connectivity index (χ0n) is 14.1. The van der Waals surface area contributed by atoms with E-state index in [0.717, 1.165) is 12.4 Å². The van der Waals surface area contributed by atoms with E-state index in [4.69, 9.17) is 11.6 Å². The van der Waals surface area contributed by atoms with Gasteiger partial charge in [-0.15, -0.1) is 0 Å². The fourth-order valence-electron chi connectivity index (χ4n) is 2.18. The van der Waals surface area contributed by atoms with Gasteiger partial charge in [0.1, 0.15) is 19.1 Å². The van der Waals surface area contributed by atoms with E-state index in [1.165, 1.54) is 26.3 Å². The molecule has 0 saturated heterocycles. The van der Waals surface area contributed by atoms with Crippen LogP contribution in [0.1, 0.15) is 44.9 Å². The Bertz CT molecular complexity index is 880.